The number of likely N-dealkylation sites (N-methyl/N-ethyl adjacent to an activating group) is 1. The van der Waals surface area contributed by atoms with Crippen LogP contribution in [0.4, 0.5) is 0 Å². The van der Waals surface area contributed by atoms with E-state index in [0.29, 0.717) is 36.1 Å². The van der Waals surface area contributed by atoms with Crippen LogP contribution in [-0.2, 0) is 23.1 Å². The molecule has 1 fully saturated rings. The molecule has 0 aliphatic carbocycles. The highest BCUT2D eigenvalue weighted by Crippen LogP contribution is 2.22. The first-order valence-electron chi connectivity index (χ1n) is 10.7. The monoisotopic (exact) mass is 571 g/mol. The first-order chi connectivity index (χ1) is 14.9. The molecule has 0 saturated carbocycles. The molecule has 2 aromatic carbocycles. The molecule has 3 rings (SSSR count). The molecule has 32 heavy (non-hydrogen) atoms. The van der Waals surface area contributed by atoms with Gasteiger partial charge in [0.05, 0.1) is 11.4 Å². The summed E-state index contributed by atoms with van der Waals surface area (Å²) in [6.45, 7) is 8.26. The highest BCUT2D eigenvalue weighted by atomic mass is 127. The molecule has 0 amide bonds. The van der Waals surface area contributed by atoms with Gasteiger partial charge >= 0.3 is 0 Å². The number of sulfonamides is 1. The van der Waals surface area contributed by atoms with Crippen molar-refractivity contribution in [3.63, 3.8) is 0 Å². The van der Waals surface area contributed by atoms with E-state index in [-0.39, 0.29) is 30.5 Å². The van der Waals surface area contributed by atoms with E-state index in [1.807, 2.05) is 38.2 Å². The summed E-state index contributed by atoms with van der Waals surface area (Å²) in [6, 6.07) is 15.4. The van der Waals surface area contributed by atoms with E-state index in [0.717, 1.165) is 19.6 Å². The van der Waals surface area contributed by atoms with Gasteiger partial charge < -0.3 is 15.5 Å². The molecule has 0 bridgehead atoms. The molecule has 0 unspecified atom stereocenters. The number of aryl methyl sites for hydroxylation is 1. The van der Waals surface area contributed by atoms with Crippen LogP contribution >= 0.6 is 24.0 Å². The third kappa shape index (κ3) is 6.90. The van der Waals surface area contributed by atoms with Gasteiger partial charge in [-0.15, -0.1) is 24.0 Å². The molecule has 176 valence electrons. The number of rotatable bonds is 7. The first kappa shape index (κ1) is 26.6. The fourth-order valence-electron chi connectivity index (χ4n) is 3.55. The summed E-state index contributed by atoms with van der Waals surface area (Å²) < 4.78 is 28.1. The van der Waals surface area contributed by atoms with Crippen LogP contribution in [-0.4, -0.2) is 63.4 Å². The molecule has 1 aliphatic heterocycles. The Bertz CT molecular complexity index is 1000. The Balaban J connectivity index is 0.00000363. The van der Waals surface area contributed by atoms with Crippen LogP contribution in [0, 0.1) is 6.92 Å². The quantitative estimate of drug-likeness (QED) is 0.304. The summed E-state index contributed by atoms with van der Waals surface area (Å²) in [5.74, 6) is 0.664. The minimum Gasteiger partial charge on any atom is -0.357 e. The van der Waals surface area contributed by atoms with Crippen molar-refractivity contribution in [2.45, 2.75) is 31.8 Å². The third-order valence-corrected chi connectivity index (χ3v) is 7.51. The number of piperazine rings is 1. The second-order valence-electron chi connectivity index (χ2n) is 7.79. The molecule has 1 heterocycles. The molecule has 2 aromatic rings. The van der Waals surface area contributed by atoms with Crippen molar-refractivity contribution < 1.29 is 8.42 Å². The fraction of sp³-hybridized carbons (Fsp3) is 0.435. The van der Waals surface area contributed by atoms with Crippen LogP contribution in [0.25, 0.3) is 0 Å². The zero-order valence-electron chi connectivity index (χ0n) is 19.0. The summed E-state index contributed by atoms with van der Waals surface area (Å²) in [5, 5.41) is 6.59. The standard InChI is InChI=1S/C23H33N5O2S.HI/c1-4-24-23(25-17-20-10-6-5-9-19(20)2)26-18-21-11-7-8-12-22(21)31(29,30)28-15-13-27(3)14-16-28;/h5-12H,4,13-18H2,1-3H3,(H2,24,25,26);1H. The van der Waals surface area contributed by atoms with Gasteiger partial charge in [-0.3, -0.25) is 0 Å². The number of aliphatic imine (C=N–C) groups is 1. The van der Waals surface area contributed by atoms with Gasteiger partial charge in [-0.2, -0.15) is 4.31 Å². The summed E-state index contributed by atoms with van der Waals surface area (Å²) in [7, 11) is -1.53. The van der Waals surface area contributed by atoms with E-state index in [9.17, 15) is 8.42 Å². The zero-order valence-corrected chi connectivity index (χ0v) is 22.2. The molecule has 0 aromatic heterocycles. The summed E-state index contributed by atoms with van der Waals surface area (Å²) in [5.41, 5.74) is 3.12. The van der Waals surface area contributed by atoms with Gasteiger partial charge in [-0.1, -0.05) is 42.5 Å². The molecule has 0 radical (unpaired) electrons. The zero-order chi connectivity index (χ0) is 22.3. The number of hydrogen-bond acceptors (Lipinski definition) is 4. The van der Waals surface area contributed by atoms with E-state index >= 15 is 0 Å². The lowest BCUT2D eigenvalue weighted by Gasteiger charge is -2.32. The molecule has 7 nitrogen and oxygen atoms in total. The normalized spacial score (nSPS) is 15.8. The predicted octanol–water partition coefficient (Wildman–Crippen LogP) is 2.80. The fourth-order valence-corrected chi connectivity index (χ4v) is 5.18. The lowest BCUT2D eigenvalue weighted by atomic mass is 10.1. The lowest BCUT2D eigenvalue weighted by Crippen LogP contribution is -2.47. The molecular formula is C23H34IN5O2S. The molecule has 9 heteroatoms. The van der Waals surface area contributed by atoms with Gasteiger partial charge in [-0.05, 0) is 43.7 Å². The minimum atomic E-state index is -3.54. The van der Waals surface area contributed by atoms with Gasteiger partial charge in [-0.25, -0.2) is 13.4 Å². The SMILES string of the molecule is CCNC(=NCc1ccccc1S(=O)(=O)N1CCN(C)CC1)NCc1ccccc1C.I. The van der Waals surface area contributed by atoms with Crippen molar-refractivity contribution in [1.29, 1.82) is 0 Å². The number of halogens is 1. The Labute approximate surface area is 209 Å². The van der Waals surface area contributed by atoms with Crippen molar-refractivity contribution in [2.24, 2.45) is 4.99 Å². The van der Waals surface area contributed by atoms with Crippen LogP contribution in [0.5, 0.6) is 0 Å². The van der Waals surface area contributed by atoms with Crippen molar-refractivity contribution in [1.82, 2.24) is 19.8 Å². The highest BCUT2D eigenvalue weighted by molar-refractivity contribution is 14.0. The summed E-state index contributed by atoms with van der Waals surface area (Å²) in [4.78, 5) is 7.15. The summed E-state index contributed by atoms with van der Waals surface area (Å²) in [6.07, 6.45) is 0. The number of guanidine groups is 1. The van der Waals surface area contributed by atoms with Crippen molar-refractivity contribution in [3.8, 4) is 0 Å². The Hall–Kier alpha value is -1.69. The van der Waals surface area contributed by atoms with Crippen LogP contribution in [0.15, 0.2) is 58.4 Å². The van der Waals surface area contributed by atoms with Gasteiger partial charge in [0.1, 0.15) is 0 Å². The predicted molar refractivity (Wildman–Crippen MR) is 141 cm³/mol. The molecule has 1 aliphatic rings. The van der Waals surface area contributed by atoms with E-state index in [1.54, 1.807) is 16.4 Å². The second kappa shape index (κ2) is 12.5. The number of benzene rings is 2. The Morgan fingerprint density at radius 3 is 2.25 bits per heavy atom. The van der Waals surface area contributed by atoms with Crippen LogP contribution in [0.1, 0.15) is 23.6 Å². The first-order valence-corrected chi connectivity index (χ1v) is 12.2. The van der Waals surface area contributed by atoms with E-state index in [1.165, 1.54) is 11.1 Å². The Kier molecular flexibility index (Phi) is 10.4. The molecule has 0 atom stereocenters. The van der Waals surface area contributed by atoms with Crippen molar-refractivity contribution in [2.75, 3.05) is 39.8 Å². The summed E-state index contributed by atoms with van der Waals surface area (Å²) >= 11 is 0. The van der Waals surface area contributed by atoms with Crippen LogP contribution in [0.2, 0.25) is 0 Å². The van der Waals surface area contributed by atoms with Crippen molar-refractivity contribution >= 4 is 40.0 Å². The van der Waals surface area contributed by atoms with E-state index in [4.69, 9.17) is 0 Å². The highest BCUT2D eigenvalue weighted by Gasteiger charge is 2.29. The lowest BCUT2D eigenvalue weighted by molar-refractivity contribution is 0.222. The average molecular weight is 572 g/mol. The van der Waals surface area contributed by atoms with E-state index < -0.39 is 10.0 Å². The maximum absolute atomic E-state index is 13.3. The van der Waals surface area contributed by atoms with Gasteiger partial charge in [0.2, 0.25) is 10.0 Å². The minimum absolute atomic E-state index is 0. The topological polar surface area (TPSA) is 77.0 Å². The van der Waals surface area contributed by atoms with Crippen LogP contribution < -0.4 is 10.6 Å². The third-order valence-electron chi connectivity index (χ3n) is 5.51. The Morgan fingerprint density at radius 1 is 0.969 bits per heavy atom. The number of hydrogen-bond donors (Lipinski definition) is 2. The van der Waals surface area contributed by atoms with E-state index in [2.05, 4.69) is 39.6 Å². The largest absolute Gasteiger partial charge is 0.357 e. The molecular weight excluding hydrogens is 537 g/mol. The second-order valence-corrected chi connectivity index (χ2v) is 9.70. The van der Waals surface area contributed by atoms with Gasteiger partial charge in [0.25, 0.3) is 0 Å². The average Bonchev–Trinajstić information content (AvgIpc) is 2.77. The number of nitrogens with one attached hydrogen (secondary N) is 2. The van der Waals surface area contributed by atoms with Gasteiger partial charge in [0, 0.05) is 39.3 Å². The molecule has 0 spiro atoms. The number of nitrogens with zero attached hydrogens (tertiary/aromatic N) is 3. The maximum Gasteiger partial charge on any atom is 0.243 e. The van der Waals surface area contributed by atoms with Crippen molar-refractivity contribution in [3.05, 3.63) is 65.2 Å². The smallest absolute Gasteiger partial charge is 0.243 e. The Morgan fingerprint density at radius 2 is 1.59 bits per heavy atom. The van der Waals surface area contributed by atoms with Crippen LogP contribution in [0.3, 0.4) is 0 Å². The maximum atomic E-state index is 13.3. The molecule has 2 N–H and O–H groups in total. The molecule has 1 saturated heterocycles. The van der Waals surface area contributed by atoms with Gasteiger partial charge in [0.15, 0.2) is 5.96 Å².